The summed E-state index contributed by atoms with van der Waals surface area (Å²) in [5.74, 6) is -0.236. The van der Waals surface area contributed by atoms with Gasteiger partial charge in [-0.15, -0.1) is 0 Å². The molecule has 0 unspecified atom stereocenters. The van der Waals surface area contributed by atoms with Crippen molar-refractivity contribution in [2.45, 2.75) is 38.9 Å². The number of ether oxygens (including phenoxy) is 2. The van der Waals surface area contributed by atoms with Crippen molar-refractivity contribution in [2.24, 2.45) is 11.1 Å². The Kier molecular flexibility index (Phi) is 4.08. The van der Waals surface area contributed by atoms with Crippen LogP contribution in [0.15, 0.2) is 0 Å². The third-order valence-corrected chi connectivity index (χ3v) is 4.09. The molecule has 0 aromatic rings. The van der Waals surface area contributed by atoms with Gasteiger partial charge in [0.2, 0.25) is 0 Å². The Morgan fingerprint density at radius 2 is 1.76 bits per heavy atom. The fraction of sp³-hybridized carbons (Fsp3) is 1.00. The van der Waals surface area contributed by atoms with Gasteiger partial charge in [0, 0.05) is 25.9 Å². The van der Waals surface area contributed by atoms with Crippen molar-refractivity contribution >= 4 is 0 Å². The molecule has 2 aliphatic rings. The zero-order valence-electron chi connectivity index (χ0n) is 11.2. The van der Waals surface area contributed by atoms with Crippen LogP contribution in [0, 0.1) is 5.41 Å². The number of hydrogen-bond donors (Lipinski definition) is 1. The molecule has 0 atom stereocenters. The summed E-state index contributed by atoms with van der Waals surface area (Å²) in [6, 6.07) is 0. The summed E-state index contributed by atoms with van der Waals surface area (Å²) >= 11 is 0. The molecule has 2 rings (SSSR count). The predicted molar refractivity (Wildman–Crippen MR) is 67.8 cm³/mol. The van der Waals surface area contributed by atoms with E-state index >= 15 is 0 Å². The molecule has 100 valence electrons. The van der Waals surface area contributed by atoms with Crippen LogP contribution < -0.4 is 5.73 Å². The zero-order valence-corrected chi connectivity index (χ0v) is 11.2. The van der Waals surface area contributed by atoms with E-state index in [1.165, 1.54) is 0 Å². The van der Waals surface area contributed by atoms with Gasteiger partial charge in [0.05, 0.1) is 13.2 Å². The van der Waals surface area contributed by atoms with Gasteiger partial charge in [-0.3, -0.25) is 0 Å². The van der Waals surface area contributed by atoms with E-state index in [0.29, 0.717) is 0 Å². The van der Waals surface area contributed by atoms with E-state index in [4.69, 9.17) is 15.2 Å². The summed E-state index contributed by atoms with van der Waals surface area (Å²) in [7, 11) is 0. The lowest BCUT2D eigenvalue weighted by atomic mass is 9.89. The van der Waals surface area contributed by atoms with Crippen LogP contribution in [0.3, 0.4) is 0 Å². The van der Waals surface area contributed by atoms with Crippen molar-refractivity contribution in [3.05, 3.63) is 0 Å². The van der Waals surface area contributed by atoms with Gasteiger partial charge in [0.15, 0.2) is 5.79 Å². The van der Waals surface area contributed by atoms with E-state index in [9.17, 15) is 0 Å². The van der Waals surface area contributed by atoms with Gasteiger partial charge >= 0.3 is 0 Å². The maximum atomic E-state index is 5.76. The highest BCUT2D eigenvalue weighted by molar-refractivity contribution is 4.83. The van der Waals surface area contributed by atoms with Crippen molar-refractivity contribution in [1.29, 1.82) is 0 Å². The van der Waals surface area contributed by atoms with Crippen molar-refractivity contribution in [2.75, 3.05) is 39.4 Å². The standard InChI is InChI=1S/C13H26N2O2/c1-12(2,11-14)3-6-15-7-4-13(5-8-15)16-9-10-17-13/h3-11,14H2,1-2H3. The van der Waals surface area contributed by atoms with Gasteiger partial charge in [0.25, 0.3) is 0 Å². The number of hydrogen-bond acceptors (Lipinski definition) is 4. The van der Waals surface area contributed by atoms with Gasteiger partial charge in [-0.2, -0.15) is 0 Å². The molecule has 2 N–H and O–H groups in total. The van der Waals surface area contributed by atoms with Crippen molar-refractivity contribution in [3.63, 3.8) is 0 Å². The van der Waals surface area contributed by atoms with E-state index in [1.54, 1.807) is 0 Å². The van der Waals surface area contributed by atoms with Gasteiger partial charge in [-0.25, -0.2) is 0 Å². The van der Waals surface area contributed by atoms with Crippen LogP contribution in [0.2, 0.25) is 0 Å². The highest BCUT2D eigenvalue weighted by Gasteiger charge is 2.39. The molecular formula is C13H26N2O2. The van der Waals surface area contributed by atoms with E-state index in [-0.39, 0.29) is 11.2 Å². The third-order valence-electron chi connectivity index (χ3n) is 4.09. The second-order valence-electron chi connectivity index (χ2n) is 6.07. The summed E-state index contributed by atoms with van der Waals surface area (Å²) in [6.07, 6.45) is 3.18. The minimum Gasteiger partial charge on any atom is -0.347 e. The molecule has 0 bridgehead atoms. The Morgan fingerprint density at radius 3 is 2.29 bits per heavy atom. The Balaban J connectivity index is 1.72. The van der Waals surface area contributed by atoms with Crippen LogP contribution in [0.1, 0.15) is 33.1 Å². The number of rotatable bonds is 4. The molecule has 0 aliphatic carbocycles. The topological polar surface area (TPSA) is 47.7 Å². The Morgan fingerprint density at radius 1 is 1.18 bits per heavy atom. The first-order chi connectivity index (χ1) is 8.05. The normalized spacial score (nSPS) is 25.6. The van der Waals surface area contributed by atoms with Crippen molar-refractivity contribution in [1.82, 2.24) is 4.90 Å². The van der Waals surface area contributed by atoms with E-state index < -0.39 is 0 Å². The monoisotopic (exact) mass is 242 g/mol. The van der Waals surface area contributed by atoms with Gasteiger partial charge in [-0.05, 0) is 24.9 Å². The molecule has 4 nitrogen and oxygen atoms in total. The molecule has 0 radical (unpaired) electrons. The number of piperidine rings is 1. The maximum Gasteiger partial charge on any atom is 0.170 e. The van der Waals surface area contributed by atoms with Crippen LogP contribution in [0.25, 0.3) is 0 Å². The van der Waals surface area contributed by atoms with Crippen LogP contribution in [0.4, 0.5) is 0 Å². The highest BCUT2D eigenvalue weighted by atomic mass is 16.7. The smallest absolute Gasteiger partial charge is 0.170 e. The summed E-state index contributed by atoms with van der Waals surface area (Å²) in [5, 5.41) is 0. The summed E-state index contributed by atoms with van der Waals surface area (Å²) in [4.78, 5) is 2.51. The first-order valence-electron chi connectivity index (χ1n) is 6.76. The SMILES string of the molecule is CC(C)(CN)CCN1CCC2(CC1)OCCO2. The summed E-state index contributed by atoms with van der Waals surface area (Å²) < 4.78 is 11.5. The highest BCUT2D eigenvalue weighted by Crippen LogP contribution is 2.31. The van der Waals surface area contributed by atoms with Crippen LogP contribution in [-0.4, -0.2) is 50.1 Å². The molecule has 0 saturated carbocycles. The molecule has 2 fully saturated rings. The van der Waals surface area contributed by atoms with Crippen molar-refractivity contribution < 1.29 is 9.47 Å². The zero-order chi connectivity index (χ0) is 12.4. The Hall–Kier alpha value is -0.160. The predicted octanol–water partition coefficient (Wildman–Crippen LogP) is 1.20. The molecule has 0 amide bonds. The lowest BCUT2D eigenvalue weighted by Gasteiger charge is -2.38. The fourth-order valence-corrected chi connectivity index (χ4v) is 2.47. The lowest BCUT2D eigenvalue weighted by molar-refractivity contribution is -0.185. The molecule has 0 aromatic heterocycles. The third kappa shape index (κ3) is 3.41. The second kappa shape index (κ2) is 5.22. The van der Waals surface area contributed by atoms with Crippen LogP contribution in [0.5, 0.6) is 0 Å². The quantitative estimate of drug-likeness (QED) is 0.805. The molecule has 4 heteroatoms. The average molecular weight is 242 g/mol. The minimum atomic E-state index is -0.236. The average Bonchev–Trinajstić information content (AvgIpc) is 2.77. The molecule has 2 heterocycles. The molecular weight excluding hydrogens is 216 g/mol. The number of nitrogens with two attached hydrogens (primary N) is 1. The fourth-order valence-electron chi connectivity index (χ4n) is 2.47. The minimum absolute atomic E-state index is 0.236. The molecule has 0 aromatic carbocycles. The first-order valence-corrected chi connectivity index (χ1v) is 6.76. The molecule has 17 heavy (non-hydrogen) atoms. The largest absolute Gasteiger partial charge is 0.347 e. The van der Waals surface area contributed by atoms with Crippen molar-refractivity contribution in [3.8, 4) is 0 Å². The molecule has 2 saturated heterocycles. The maximum absolute atomic E-state index is 5.76. The van der Waals surface area contributed by atoms with Gasteiger partial charge in [0.1, 0.15) is 0 Å². The Bertz CT molecular complexity index is 240. The lowest BCUT2D eigenvalue weighted by Crippen LogP contribution is -2.46. The molecule has 2 aliphatic heterocycles. The first kappa shape index (κ1) is 13.3. The second-order valence-corrected chi connectivity index (χ2v) is 6.07. The van der Waals surface area contributed by atoms with Crippen LogP contribution in [-0.2, 0) is 9.47 Å². The van der Waals surface area contributed by atoms with E-state index in [1.807, 2.05) is 0 Å². The summed E-state index contributed by atoms with van der Waals surface area (Å²) in [6.45, 7) is 10.1. The summed E-state index contributed by atoms with van der Waals surface area (Å²) in [5.41, 5.74) is 6.02. The molecule has 1 spiro atoms. The Labute approximate surface area is 104 Å². The van der Waals surface area contributed by atoms with E-state index in [2.05, 4.69) is 18.7 Å². The number of nitrogens with zero attached hydrogens (tertiary/aromatic N) is 1. The van der Waals surface area contributed by atoms with Gasteiger partial charge in [-0.1, -0.05) is 13.8 Å². The number of likely N-dealkylation sites (tertiary alicyclic amines) is 1. The van der Waals surface area contributed by atoms with Gasteiger partial charge < -0.3 is 20.1 Å². The van der Waals surface area contributed by atoms with Crippen LogP contribution >= 0.6 is 0 Å². The van der Waals surface area contributed by atoms with E-state index in [0.717, 1.165) is 58.7 Å².